The molecule has 2 aliphatic rings. The van der Waals surface area contributed by atoms with E-state index in [0.29, 0.717) is 11.3 Å². The fraction of sp³-hybridized carbons (Fsp3) is 0.458. The van der Waals surface area contributed by atoms with E-state index in [1.54, 1.807) is 0 Å². The Labute approximate surface area is 197 Å². The fourth-order valence-electron chi connectivity index (χ4n) is 4.43. The van der Waals surface area contributed by atoms with E-state index in [1.807, 2.05) is 43.3 Å². The molecule has 5 nitrogen and oxygen atoms in total. The second-order valence-corrected chi connectivity index (χ2v) is 8.43. The van der Waals surface area contributed by atoms with Crippen LogP contribution in [0.5, 0.6) is 5.75 Å². The van der Waals surface area contributed by atoms with Crippen LogP contribution in [0.1, 0.15) is 52.7 Å². The van der Waals surface area contributed by atoms with Crippen LogP contribution in [-0.2, 0) is 13.1 Å². The number of rotatable bonds is 6. The van der Waals surface area contributed by atoms with Gasteiger partial charge in [0.05, 0.1) is 0 Å². The highest BCUT2D eigenvalue weighted by Crippen LogP contribution is 2.31. The number of nitrogens with one attached hydrogen (secondary N) is 1. The first-order chi connectivity index (χ1) is 14.1. The third-order valence-electron chi connectivity index (χ3n) is 5.99. The zero-order chi connectivity index (χ0) is 20.2. The van der Waals surface area contributed by atoms with Crippen LogP contribution in [0.3, 0.4) is 0 Å². The molecule has 2 fully saturated rings. The summed E-state index contributed by atoms with van der Waals surface area (Å²) in [6.45, 7) is 7.72. The molecule has 170 valence electrons. The Morgan fingerprint density at radius 3 is 1.90 bits per heavy atom. The van der Waals surface area contributed by atoms with Crippen molar-refractivity contribution in [2.45, 2.75) is 45.7 Å². The standard InChI is InChI=1S/C24H31N3O2.2ClH/c1-18-7-6-8-19(13-18)24(29)25-22-14-20(16-26-9-2-3-10-26)23(28)21(15-22)17-27-11-4-5-12-27;;/h6-8,13-15,28H,2-5,9-12,16-17H2,1H3,(H,25,29);2*1H. The van der Waals surface area contributed by atoms with Gasteiger partial charge >= 0.3 is 0 Å². The molecule has 4 rings (SSSR count). The number of hydrogen-bond acceptors (Lipinski definition) is 4. The van der Waals surface area contributed by atoms with Crippen molar-refractivity contribution in [3.8, 4) is 5.75 Å². The lowest BCUT2D eigenvalue weighted by molar-refractivity contribution is 0.102. The minimum absolute atomic E-state index is 0. The Kier molecular flexibility index (Phi) is 9.63. The summed E-state index contributed by atoms with van der Waals surface area (Å²) in [6, 6.07) is 11.5. The van der Waals surface area contributed by atoms with Gasteiger partial charge in [-0.3, -0.25) is 14.6 Å². The highest BCUT2D eigenvalue weighted by atomic mass is 35.5. The van der Waals surface area contributed by atoms with Crippen molar-refractivity contribution in [3.63, 3.8) is 0 Å². The third-order valence-corrected chi connectivity index (χ3v) is 5.99. The van der Waals surface area contributed by atoms with Gasteiger partial charge in [0, 0.05) is 35.5 Å². The van der Waals surface area contributed by atoms with Crippen molar-refractivity contribution in [1.82, 2.24) is 9.80 Å². The summed E-state index contributed by atoms with van der Waals surface area (Å²) in [5, 5.41) is 14.0. The van der Waals surface area contributed by atoms with Gasteiger partial charge in [-0.2, -0.15) is 0 Å². The highest BCUT2D eigenvalue weighted by Gasteiger charge is 2.20. The molecule has 2 N–H and O–H groups in total. The van der Waals surface area contributed by atoms with E-state index >= 15 is 0 Å². The van der Waals surface area contributed by atoms with Gasteiger partial charge in [0.2, 0.25) is 0 Å². The number of anilines is 1. The number of aryl methyl sites for hydroxylation is 1. The molecule has 0 spiro atoms. The van der Waals surface area contributed by atoms with Gasteiger partial charge in [-0.1, -0.05) is 17.7 Å². The maximum absolute atomic E-state index is 12.8. The topological polar surface area (TPSA) is 55.8 Å². The van der Waals surface area contributed by atoms with Crippen molar-refractivity contribution < 1.29 is 9.90 Å². The number of hydrogen-bond donors (Lipinski definition) is 2. The maximum atomic E-state index is 12.8. The number of amides is 1. The van der Waals surface area contributed by atoms with E-state index in [-0.39, 0.29) is 30.7 Å². The van der Waals surface area contributed by atoms with Crippen molar-refractivity contribution in [2.24, 2.45) is 0 Å². The summed E-state index contributed by atoms with van der Waals surface area (Å²) in [7, 11) is 0. The summed E-state index contributed by atoms with van der Waals surface area (Å²) in [6.07, 6.45) is 4.85. The number of aromatic hydroxyl groups is 1. The highest BCUT2D eigenvalue weighted by molar-refractivity contribution is 6.04. The molecule has 2 aromatic carbocycles. The first kappa shape index (κ1) is 25.5. The molecule has 2 saturated heterocycles. The molecule has 0 radical (unpaired) electrons. The minimum atomic E-state index is -0.112. The van der Waals surface area contributed by atoms with Gasteiger partial charge in [-0.15, -0.1) is 24.8 Å². The molecule has 0 saturated carbocycles. The Morgan fingerprint density at radius 1 is 0.903 bits per heavy atom. The smallest absolute Gasteiger partial charge is 0.255 e. The number of likely N-dealkylation sites (tertiary alicyclic amines) is 2. The van der Waals surface area contributed by atoms with Crippen molar-refractivity contribution >= 4 is 36.4 Å². The second kappa shape index (κ2) is 11.7. The van der Waals surface area contributed by atoms with Gasteiger partial charge < -0.3 is 10.4 Å². The van der Waals surface area contributed by atoms with E-state index in [4.69, 9.17) is 0 Å². The maximum Gasteiger partial charge on any atom is 0.255 e. The molecule has 31 heavy (non-hydrogen) atoms. The first-order valence-electron chi connectivity index (χ1n) is 10.8. The number of nitrogens with zero attached hydrogens (tertiary/aromatic N) is 2. The van der Waals surface area contributed by atoms with Crippen molar-refractivity contribution in [1.29, 1.82) is 0 Å². The van der Waals surface area contributed by atoms with Crippen LogP contribution in [0.4, 0.5) is 5.69 Å². The molecule has 2 aromatic rings. The number of carbonyl (C=O) groups excluding carboxylic acids is 1. The lowest BCUT2D eigenvalue weighted by atomic mass is 10.0. The van der Waals surface area contributed by atoms with Gasteiger partial charge in [0.1, 0.15) is 5.75 Å². The summed E-state index contributed by atoms with van der Waals surface area (Å²) in [4.78, 5) is 17.5. The lowest BCUT2D eigenvalue weighted by Crippen LogP contribution is -2.21. The molecule has 2 aliphatic heterocycles. The summed E-state index contributed by atoms with van der Waals surface area (Å²) in [5.74, 6) is 0.274. The lowest BCUT2D eigenvalue weighted by Gasteiger charge is -2.21. The predicted octanol–water partition coefficient (Wildman–Crippen LogP) is 4.99. The van der Waals surface area contributed by atoms with Crippen LogP contribution in [0.2, 0.25) is 0 Å². The summed E-state index contributed by atoms with van der Waals surface area (Å²) in [5.41, 5.74) is 4.29. The average Bonchev–Trinajstić information content (AvgIpc) is 3.39. The van der Waals surface area contributed by atoms with Crippen LogP contribution in [0.15, 0.2) is 36.4 Å². The van der Waals surface area contributed by atoms with Crippen LogP contribution in [-0.4, -0.2) is 47.0 Å². The van der Waals surface area contributed by atoms with Crippen molar-refractivity contribution in [2.75, 3.05) is 31.5 Å². The number of halogens is 2. The van der Waals surface area contributed by atoms with Crippen LogP contribution in [0.25, 0.3) is 0 Å². The Balaban J connectivity index is 0.00000171. The summed E-state index contributed by atoms with van der Waals surface area (Å²) < 4.78 is 0. The van der Waals surface area contributed by atoms with Gasteiger partial charge in [0.15, 0.2) is 0 Å². The first-order valence-corrected chi connectivity index (χ1v) is 10.8. The van der Waals surface area contributed by atoms with E-state index in [9.17, 15) is 9.90 Å². The van der Waals surface area contributed by atoms with Gasteiger partial charge in [0.25, 0.3) is 5.91 Å². The number of phenolic OH excluding ortho intramolecular Hbond substituents is 1. The number of phenols is 1. The van der Waals surface area contributed by atoms with Gasteiger partial charge in [-0.25, -0.2) is 0 Å². The van der Waals surface area contributed by atoms with Crippen molar-refractivity contribution in [3.05, 3.63) is 58.7 Å². The number of benzene rings is 2. The molecule has 0 bridgehead atoms. The van der Waals surface area contributed by atoms with Crippen LogP contribution >= 0.6 is 24.8 Å². The second-order valence-electron chi connectivity index (χ2n) is 8.43. The molecule has 1 amide bonds. The molecular weight excluding hydrogens is 433 g/mol. The molecule has 0 atom stereocenters. The Morgan fingerprint density at radius 2 is 1.42 bits per heavy atom. The quantitative estimate of drug-likeness (QED) is 0.590. The molecule has 0 aliphatic carbocycles. The average molecular weight is 466 g/mol. The molecule has 0 unspecified atom stereocenters. The fourth-order valence-corrected chi connectivity index (χ4v) is 4.43. The summed E-state index contributed by atoms with van der Waals surface area (Å²) >= 11 is 0. The molecule has 0 aromatic heterocycles. The van der Waals surface area contributed by atoms with Crippen LogP contribution < -0.4 is 5.32 Å². The van der Waals surface area contributed by atoms with E-state index < -0.39 is 0 Å². The molecule has 2 heterocycles. The largest absolute Gasteiger partial charge is 0.507 e. The SMILES string of the molecule is Cc1cccc(C(=O)Nc2cc(CN3CCCC3)c(O)c(CN3CCCC3)c2)c1.Cl.Cl. The van der Waals surface area contributed by atoms with E-state index in [2.05, 4.69) is 15.1 Å². The van der Waals surface area contributed by atoms with Gasteiger partial charge in [-0.05, 0) is 83.1 Å². The van der Waals surface area contributed by atoms with E-state index in [1.165, 1.54) is 25.7 Å². The van der Waals surface area contributed by atoms with E-state index in [0.717, 1.165) is 61.6 Å². The Hall–Kier alpha value is -1.79. The predicted molar refractivity (Wildman–Crippen MR) is 131 cm³/mol. The van der Waals surface area contributed by atoms with Crippen LogP contribution in [0, 0.1) is 6.92 Å². The Bertz CT molecular complexity index is 840. The third kappa shape index (κ3) is 6.59. The minimum Gasteiger partial charge on any atom is -0.507 e. The normalized spacial score (nSPS) is 16.5. The monoisotopic (exact) mass is 465 g/mol. The molecule has 7 heteroatoms. The zero-order valence-electron chi connectivity index (χ0n) is 18.1. The zero-order valence-corrected chi connectivity index (χ0v) is 19.7. The molecular formula is C24H33Cl2N3O2. The number of carbonyl (C=O) groups is 1.